The third-order valence-electron chi connectivity index (χ3n) is 3.12. The van der Waals surface area contributed by atoms with Crippen molar-refractivity contribution in [1.29, 1.82) is 0 Å². The van der Waals surface area contributed by atoms with E-state index >= 15 is 0 Å². The molecule has 0 saturated carbocycles. The van der Waals surface area contributed by atoms with E-state index in [0.29, 0.717) is 12.1 Å². The molecule has 1 unspecified atom stereocenters. The number of imidazole rings is 1. The van der Waals surface area contributed by atoms with Gasteiger partial charge in [-0.2, -0.15) is 0 Å². The largest absolute Gasteiger partial charge is 0.478 e. The van der Waals surface area contributed by atoms with Crippen LogP contribution in [0.25, 0.3) is 11.0 Å². The first-order valence-corrected chi connectivity index (χ1v) is 5.64. The number of halogens is 1. The van der Waals surface area contributed by atoms with E-state index in [-0.39, 0.29) is 17.2 Å². The summed E-state index contributed by atoms with van der Waals surface area (Å²) < 4.78 is 20.7. The lowest BCUT2D eigenvalue weighted by molar-refractivity contribution is -0.0586. The van der Waals surface area contributed by atoms with Gasteiger partial charge in [-0.25, -0.2) is 14.2 Å². The fourth-order valence-corrected chi connectivity index (χ4v) is 2.04. The first-order chi connectivity index (χ1) is 8.65. The number of aromatic nitrogens is 2. The van der Waals surface area contributed by atoms with Crippen molar-refractivity contribution in [2.45, 2.75) is 19.1 Å². The zero-order valence-electron chi connectivity index (χ0n) is 9.47. The van der Waals surface area contributed by atoms with E-state index in [1.54, 1.807) is 4.57 Å². The van der Waals surface area contributed by atoms with E-state index in [1.807, 2.05) is 0 Å². The summed E-state index contributed by atoms with van der Waals surface area (Å²) in [4.78, 5) is 14.9. The monoisotopic (exact) mass is 250 g/mol. The average Bonchev–Trinajstić information content (AvgIpc) is 2.67. The van der Waals surface area contributed by atoms with Crippen molar-refractivity contribution >= 4 is 17.0 Å². The minimum absolute atomic E-state index is 0.0729. The van der Waals surface area contributed by atoms with Crippen molar-refractivity contribution < 1.29 is 19.0 Å². The van der Waals surface area contributed by atoms with Crippen LogP contribution in [0.5, 0.6) is 0 Å². The molecule has 1 atom stereocenters. The Morgan fingerprint density at radius 2 is 2.39 bits per heavy atom. The number of rotatable bonds is 3. The molecule has 2 heterocycles. The number of ether oxygens (including phenoxy) is 1. The lowest BCUT2D eigenvalue weighted by atomic mass is 10.1. The van der Waals surface area contributed by atoms with Crippen LogP contribution in [-0.4, -0.2) is 33.3 Å². The van der Waals surface area contributed by atoms with Crippen LogP contribution in [0.4, 0.5) is 4.39 Å². The minimum atomic E-state index is -1.15. The first-order valence-electron chi connectivity index (χ1n) is 5.64. The summed E-state index contributed by atoms with van der Waals surface area (Å²) in [5, 5.41) is 8.92. The zero-order chi connectivity index (χ0) is 12.7. The van der Waals surface area contributed by atoms with Gasteiger partial charge < -0.3 is 14.4 Å². The summed E-state index contributed by atoms with van der Waals surface area (Å²) in [5.41, 5.74) is 0.610. The quantitative estimate of drug-likeness (QED) is 0.899. The summed E-state index contributed by atoms with van der Waals surface area (Å²) in [7, 11) is 0. The summed E-state index contributed by atoms with van der Waals surface area (Å²) in [6.45, 7) is 1.31. The Morgan fingerprint density at radius 1 is 1.61 bits per heavy atom. The summed E-state index contributed by atoms with van der Waals surface area (Å²) in [6, 6.07) is 2.42. The SMILES string of the molecule is O=C(O)c1cc(F)c2ncn(CC3CCO3)c2c1. The van der Waals surface area contributed by atoms with Gasteiger partial charge in [0.05, 0.1) is 30.1 Å². The smallest absolute Gasteiger partial charge is 0.335 e. The highest BCUT2D eigenvalue weighted by Gasteiger charge is 2.20. The second-order valence-electron chi connectivity index (χ2n) is 4.31. The Kier molecular flexibility index (Phi) is 2.52. The molecule has 1 aliphatic rings. The van der Waals surface area contributed by atoms with Crippen molar-refractivity contribution in [2.24, 2.45) is 0 Å². The van der Waals surface area contributed by atoms with Crippen molar-refractivity contribution in [1.82, 2.24) is 9.55 Å². The molecule has 94 valence electrons. The van der Waals surface area contributed by atoms with Gasteiger partial charge in [-0.3, -0.25) is 0 Å². The third-order valence-corrected chi connectivity index (χ3v) is 3.12. The molecule has 1 aromatic heterocycles. The number of hydrogen-bond acceptors (Lipinski definition) is 3. The van der Waals surface area contributed by atoms with Crippen molar-refractivity contribution in [2.75, 3.05) is 6.61 Å². The van der Waals surface area contributed by atoms with Crippen LogP contribution in [0, 0.1) is 5.82 Å². The van der Waals surface area contributed by atoms with Gasteiger partial charge in [0, 0.05) is 6.61 Å². The molecule has 1 fully saturated rings. The molecular formula is C12H11FN2O3. The van der Waals surface area contributed by atoms with Crippen LogP contribution in [0.1, 0.15) is 16.8 Å². The molecule has 1 N–H and O–H groups in total. The Labute approximate surface area is 102 Å². The predicted molar refractivity (Wildman–Crippen MR) is 61.0 cm³/mol. The van der Waals surface area contributed by atoms with Gasteiger partial charge in [0.25, 0.3) is 0 Å². The molecule has 0 amide bonds. The van der Waals surface area contributed by atoms with Gasteiger partial charge >= 0.3 is 5.97 Å². The van der Waals surface area contributed by atoms with E-state index in [2.05, 4.69) is 4.98 Å². The van der Waals surface area contributed by atoms with Crippen molar-refractivity contribution in [3.05, 3.63) is 29.8 Å². The molecule has 6 heteroatoms. The van der Waals surface area contributed by atoms with Crippen LogP contribution in [0.2, 0.25) is 0 Å². The van der Waals surface area contributed by atoms with Gasteiger partial charge in [-0.15, -0.1) is 0 Å². The van der Waals surface area contributed by atoms with E-state index in [4.69, 9.17) is 9.84 Å². The number of hydrogen-bond donors (Lipinski definition) is 1. The molecule has 2 aromatic rings. The van der Waals surface area contributed by atoms with Gasteiger partial charge in [-0.05, 0) is 18.6 Å². The van der Waals surface area contributed by atoms with Crippen LogP contribution in [-0.2, 0) is 11.3 Å². The standard InChI is InChI=1S/C12H11FN2O3/c13-9-3-7(12(16)17)4-10-11(9)14-6-15(10)5-8-1-2-18-8/h3-4,6,8H,1-2,5H2,(H,16,17). The highest BCUT2D eigenvalue weighted by Crippen LogP contribution is 2.21. The van der Waals surface area contributed by atoms with Crippen LogP contribution >= 0.6 is 0 Å². The topological polar surface area (TPSA) is 64.3 Å². The van der Waals surface area contributed by atoms with Gasteiger partial charge in [0.1, 0.15) is 5.52 Å². The molecule has 3 rings (SSSR count). The molecule has 1 aliphatic heterocycles. The molecular weight excluding hydrogens is 239 g/mol. The number of carbonyl (C=O) groups is 1. The Bertz CT molecular complexity index is 619. The Hall–Kier alpha value is -1.95. The average molecular weight is 250 g/mol. The second kappa shape index (κ2) is 4.06. The summed E-state index contributed by atoms with van der Waals surface area (Å²) in [5.74, 6) is -1.76. The lowest BCUT2D eigenvalue weighted by Crippen LogP contribution is -2.30. The minimum Gasteiger partial charge on any atom is -0.478 e. The summed E-state index contributed by atoms with van der Waals surface area (Å²) in [6.07, 6.45) is 2.58. The Balaban J connectivity index is 2.06. The van der Waals surface area contributed by atoms with Gasteiger partial charge in [-0.1, -0.05) is 0 Å². The second-order valence-corrected chi connectivity index (χ2v) is 4.31. The molecule has 0 spiro atoms. The Morgan fingerprint density at radius 3 is 3.00 bits per heavy atom. The molecule has 0 bridgehead atoms. The maximum atomic E-state index is 13.7. The van der Waals surface area contributed by atoms with E-state index < -0.39 is 11.8 Å². The van der Waals surface area contributed by atoms with Crippen molar-refractivity contribution in [3.8, 4) is 0 Å². The van der Waals surface area contributed by atoms with Crippen LogP contribution in [0.15, 0.2) is 18.5 Å². The highest BCUT2D eigenvalue weighted by molar-refractivity contribution is 5.92. The van der Waals surface area contributed by atoms with E-state index in [9.17, 15) is 9.18 Å². The first kappa shape index (κ1) is 11.2. The number of benzene rings is 1. The third kappa shape index (κ3) is 1.74. The van der Waals surface area contributed by atoms with Gasteiger partial charge in [0.15, 0.2) is 5.82 Å². The molecule has 1 aromatic carbocycles. The van der Waals surface area contributed by atoms with Crippen molar-refractivity contribution in [3.63, 3.8) is 0 Å². The number of fused-ring (bicyclic) bond motifs is 1. The molecule has 18 heavy (non-hydrogen) atoms. The normalized spacial score (nSPS) is 18.8. The maximum absolute atomic E-state index is 13.7. The summed E-state index contributed by atoms with van der Waals surface area (Å²) >= 11 is 0. The molecule has 0 radical (unpaired) electrons. The van der Waals surface area contributed by atoms with Crippen LogP contribution in [0.3, 0.4) is 0 Å². The fourth-order valence-electron chi connectivity index (χ4n) is 2.04. The predicted octanol–water partition coefficient (Wildman–Crippen LogP) is 1.66. The molecule has 0 aliphatic carbocycles. The van der Waals surface area contributed by atoms with E-state index in [1.165, 1.54) is 12.4 Å². The molecule has 5 nitrogen and oxygen atoms in total. The number of nitrogens with zero attached hydrogens (tertiary/aromatic N) is 2. The zero-order valence-corrected chi connectivity index (χ0v) is 9.47. The maximum Gasteiger partial charge on any atom is 0.335 e. The lowest BCUT2D eigenvalue weighted by Gasteiger charge is -2.26. The van der Waals surface area contributed by atoms with Gasteiger partial charge in [0.2, 0.25) is 0 Å². The molecule has 1 saturated heterocycles. The highest BCUT2D eigenvalue weighted by atomic mass is 19.1. The van der Waals surface area contributed by atoms with Crippen LogP contribution < -0.4 is 0 Å². The fraction of sp³-hybridized carbons (Fsp3) is 0.333. The number of carboxylic acid groups (broad SMARTS) is 1. The number of carboxylic acids is 1. The number of aromatic carboxylic acids is 1. The van der Waals surface area contributed by atoms with E-state index in [0.717, 1.165) is 19.1 Å².